The Labute approximate surface area is 125 Å². The van der Waals surface area contributed by atoms with Crippen LogP contribution in [0.5, 0.6) is 0 Å². The molecule has 1 aromatic carbocycles. The average Bonchev–Trinajstić information content (AvgIpc) is 3.31. The summed E-state index contributed by atoms with van der Waals surface area (Å²) in [7, 11) is 0. The summed E-state index contributed by atoms with van der Waals surface area (Å²) in [6, 6.07) is 10.5. The van der Waals surface area contributed by atoms with Crippen molar-refractivity contribution in [3.05, 3.63) is 30.3 Å². The van der Waals surface area contributed by atoms with Gasteiger partial charge in [0.2, 0.25) is 5.91 Å². The third-order valence-corrected chi connectivity index (χ3v) is 5.06. The third kappa shape index (κ3) is 3.76. The molecule has 20 heavy (non-hydrogen) atoms. The van der Waals surface area contributed by atoms with Crippen LogP contribution in [-0.2, 0) is 4.79 Å². The molecule has 1 aromatic rings. The molecule has 2 aliphatic rings. The van der Waals surface area contributed by atoms with Gasteiger partial charge in [0.1, 0.15) is 0 Å². The van der Waals surface area contributed by atoms with Crippen LogP contribution in [0.4, 0.5) is 5.69 Å². The monoisotopic (exact) mass is 290 g/mol. The SMILES string of the molecule is O=C(CC1CSCCN1)N(CC1CC1)c1ccccc1. The van der Waals surface area contributed by atoms with Crippen molar-refractivity contribution in [3.63, 3.8) is 0 Å². The maximum Gasteiger partial charge on any atom is 0.228 e. The molecule has 1 aliphatic heterocycles. The highest BCUT2D eigenvalue weighted by Gasteiger charge is 2.29. The summed E-state index contributed by atoms with van der Waals surface area (Å²) in [6.45, 7) is 1.92. The van der Waals surface area contributed by atoms with Crippen LogP contribution in [0.15, 0.2) is 30.3 Å². The van der Waals surface area contributed by atoms with E-state index in [1.807, 2.05) is 47.0 Å². The maximum atomic E-state index is 12.7. The number of carbonyl (C=O) groups excluding carboxylic acids is 1. The molecule has 1 saturated heterocycles. The number of rotatable bonds is 5. The van der Waals surface area contributed by atoms with Gasteiger partial charge in [-0.3, -0.25) is 4.79 Å². The summed E-state index contributed by atoms with van der Waals surface area (Å²) in [5, 5.41) is 3.46. The zero-order valence-corrected chi connectivity index (χ0v) is 12.6. The normalized spacial score (nSPS) is 22.5. The lowest BCUT2D eigenvalue weighted by Crippen LogP contribution is -2.43. The van der Waals surface area contributed by atoms with Crippen molar-refractivity contribution in [2.24, 2.45) is 5.92 Å². The van der Waals surface area contributed by atoms with Crippen LogP contribution in [0.25, 0.3) is 0 Å². The zero-order valence-electron chi connectivity index (χ0n) is 11.8. The molecule has 2 fully saturated rings. The van der Waals surface area contributed by atoms with E-state index in [-0.39, 0.29) is 5.91 Å². The van der Waals surface area contributed by atoms with Gasteiger partial charge < -0.3 is 10.2 Å². The number of hydrogen-bond donors (Lipinski definition) is 1. The number of amides is 1. The Morgan fingerprint density at radius 2 is 2.10 bits per heavy atom. The molecule has 1 heterocycles. The molecule has 1 unspecified atom stereocenters. The van der Waals surface area contributed by atoms with Crippen molar-refractivity contribution in [3.8, 4) is 0 Å². The quantitative estimate of drug-likeness (QED) is 0.904. The lowest BCUT2D eigenvalue weighted by molar-refractivity contribution is -0.119. The highest BCUT2D eigenvalue weighted by atomic mass is 32.2. The minimum absolute atomic E-state index is 0.267. The molecule has 3 nitrogen and oxygen atoms in total. The second-order valence-electron chi connectivity index (χ2n) is 5.71. The van der Waals surface area contributed by atoms with Crippen LogP contribution < -0.4 is 10.2 Å². The Balaban J connectivity index is 1.66. The number of anilines is 1. The van der Waals surface area contributed by atoms with Crippen LogP contribution in [0.3, 0.4) is 0 Å². The fourth-order valence-corrected chi connectivity index (χ4v) is 3.54. The predicted molar refractivity (Wildman–Crippen MR) is 85.3 cm³/mol. The maximum absolute atomic E-state index is 12.7. The first-order valence-electron chi connectivity index (χ1n) is 7.49. The molecule has 1 aliphatic carbocycles. The molecule has 4 heteroatoms. The van der Waals surface area contributed by atoms with Gasteiger partial charge in [-0.05, 0) is 30.9 Å². The summed E-state index contributed by atoms with van der Waals surface area (Å²) in [6.07, 6.45) is 3.16. The van der Waals surface area contributed by atoms with Crippen molar-refractivity contribution in [2.75, 3.05) is 29.5 Å². The molecule has 0 spiro atoms. The van der Waals surface area contributed by atoms with E-state index in [2.05, 4.69) is 5.32 Å². The average molecular weight is 290 g/mol. The third-order valence-electron chi connectivity index (χ3n) is 3.93. The number of carbonyl (C=O) groups is 1. The largest absolute Gasteiger partial charge is 0.312 e. The minimum Gasteiger partial charge on any atom is -0.312 e. The summed E-state index contributed by atoms with van der Waals surface area (Å²) < 4.78 is 0. The van der Waals surface area contributed by atoms with E-state index >= 15 is 0 Å². The molecule has 0 bridgehead atoms. The van der Waals surface area contributed by atoms with Crippen molar-refractivity contribution in [1.82, 2.24) is 5.32 Å². The van der Waals surface area contributed by atoms with E-state index in [1.165, 1.54) is 12.8 Å². The first-order valence-corrected chi connectivity index (χ1v) is 8.65. The highest BCUT2D eigenvalue weighted by molar-refractivity contribution is 7.99. The van der Waals surface area contributed by atoms with Gasteiger partial charge in [-0.1, -0.05) is 18.2 Å². The van der Waals surface area contributed by atoms with E-state index in [1.54, 1.807) is 0 Å². The number of nitrogens with zero attached hydrogens (tertiary/aromatic N) is 1. The number of hydrogen-bond acceptors (Lipinski definition) is 3. The van der Waals surface area contributed by atoms with Crippen molar-refractivity contribution in [1.29, 1.82) is 0 Å². The van der Waals surface area contributed by atoms with Gasteiger partial charge in [0, 0.05) is 42.7 Å². The molecule has 108 valence electrons. The zero-order chi connectivity index (χ0) is 13.8. The summed E-state index contributed by atoms with van der Waals surface area (Å²) >= 11 is 1.95. The number of thioether (sulfide) groups is 1. The molecule has 0 aromatic heterocycles. The van der Waals surface area contributed by atoms with Gasteiger partial charge in [0.15, 0.2) is 0 Å². The van der Waals surface area contributed by atoms with Gasteiger partial charge in [0.05, 0.1) is 0 Å². The van der Waals surface area contributed by atoms with Gasteiger partial charge >= 0.3 is 0 Å². The molecule has 0 radical (unpaired) electrons. The van der Waals surface area contributed by atoms with Crippen LogP contribution in [0, 0.1) is 5.92 Å². The number of nitrogens with one attached hydrogen (secondary N) is 1. The predicted octanol–water partition coefficient (Wildman–Crippen LogP) is 2.52. The Bertz CT molecular complexity index is 441. The molecular formula is C16H22N2OS. The molecule has 1 amide bonds. The Kier molecular flexibility index (Phi) is 4.63. The van der Waals surface area contributed by atoms with E-state index in [0.29, 0.717) is 18.4 Å². The lowest BCUT2D eigenvalue weighted by Gasteiger charge is -2.27. The van der Waals surface area contributed by atoms with Gasteiger partial charge in [-0.15, -0.1) is 0 Å². The van der Waals surface area contributed by atoms with E-state index in [0.717, 1.165) is 30.3 Å². The van der Waals surface area contributed by atoms with E-state index in [4.69, 9.17) is 0 Å². The van der Waals surface area contributed by atoms with Crippen LogP contribution in [0.2, 0.25) is 0 Å². The fourth-order valence-electron chi connectivity index (χ4n) is 2.59. The van der Waals surface area contributed by atoms with Crippen molar-refractivity contribution >= 4 is 23.4 Å². The second-order valence-corrected chi connectivity index (χ2v) is 6.86. The standard InChI is InChI=1S/C16H22N2OS/c19-16(10-14-12-20-9-8-17-14)18(11-13-6-7-13)15-4-2-1-3-5-15/h1-5,13-14,17H,6-12H2. The van der Waals surface area contributed by atoms with Crippen LogP contribution >= 0.6 is 11.8 Å². The molecule has 1 N–H and O–H groups in total. The first-order chi connectivity index (χ1) is 9.83. The smallest absolute Gasteiger partial charge is 0.228 e. The minimum atomic E-state index is 0.267. The topological polar surface area (TPSA) is 32.3 Å². The fraction of sp³-hybridized carbons (Fsp3) is 0.562. The van der Waals surface area contributed by atoms with Crippen LogP contribution in [-0.4, -0.2) is 36.5 Å². The van der Waals surface area contributed by atoms with E-state index in [9.17, 15) is 4.79 Å². The number of para-hydroxylation sites is 1. The van der Waals surface area contributed by atoms with Gasteiger partial charge in [-0.25, -0.2) is 0 Å². The van der Waals surface area contributed by atoms with Gasteiger partial charge in [0.25, 0.3) is 0 Å². The highest BCUT2D eigenvalue weighted by Crippen LogP contribution is 2.31. The van der Waals surface area contributed by atoms with Crippen molar-refractivity contribution < 1.29 is 4.79 Å². The van der Waals surface area contributed by atoms with Crippen molar-refractivity contribution in [2.45, 2.75) is 25.3 Å². The molecular weight excluding hydrogens is 268 g/mol. The Morgan fingerprint density at radius 1 is 1.30 bits per heavy atom. The van der Waals surface area contributed by atoms with E-state index < -0.39 is 0 Å². The summed E-state index contributed by atoms with van der Waals surface area (Å²) in [5.41, 5.74) is 1.05. The molecule has 1 saturated carbocycles. The molecule has 3 rings (SSSR count). The number of benzene rings is 1. The lowest BCUT2D eigenvalue weighted by atomic mass is 10.1. The Hall–Kier alpha value is -1.00. The first kappa shape index (κ1) is 14.0. The second kappa shape index (κ2) is 6.64. The summed E-state index contributed by atoms with van der Waals surface area (Å²) in [5.74, 6) is 3.20. The van der Waals surface area contributed by atoms with Crippen LogP contribution in [0.1, 0.15) is 19.3 Å². The summed E-state index contributed by atoms with van der Waals surface area (Å²) in [4.78, 5) is 14.7. The molecule has 1 atom stereocenters. The van der Waals surface area contributed by atoms with Gasteiger partial charge in [-0.2, -0.15) is 11.8 Å². The Morgan fingerprint density at radius 3 is 2.75 bits per heavy atom.